The third-order valence-corrected chi connectivity index (χ3v) is 16.3. The second-order valence-electron chi connectivity index (χ2n) is 24.9. The Morgan fingerprint density at radius 3 is 1.41 bits per heavy atom. The molecule has 0 aliphatic rings. The topological polar surface area (TPSA) is 601 Å². The van der Waals surface area contributed by atoms with E-state index in [1.165, 1.54) is 13.1 Å². The molecule has 36 heteroatoms. The first-order valence-corrected chi connectivity index (χ1v) is 33.0. The molecule has 0 aliphatic heterocycles. The fourth-order valence-corrected chi connectivity index (χ4v) is 10.0. The number of benzene rings is 2. The Morgan fingerprint density at radius 1 is 0.455 bits per heavy atom. The van der Waals surface area contributed by atoms with Crippen LogP contribution >= 0.6 is 0 Å². The van der Waals surface area contributed by atoms with E-state index in [2.05, 4.69) is 68.8 Å². The van der Waals surface area contributed by atoms with Crippen molar-refractivity contribution in [2.45, 2.75) is 179 Å². The van der Waals surface area contributed by atoms with Crippen LogP contribution in [0.5, 0.6) is 0 Å². The first-order chi connectivity index (χ1) is 47.7. The summed E-state index contributed by atoms with van der Waals surface area (Å²) in [5.74, 6) is -17.9. The lowest BCUT2D eigenvalue weighted by molar-refractivity contribution is -0.142. The second kappa shape index (κ2) is 42.7. The van der Waals surface area contributed by atoms with Gasteiger partial charge in [-0.15, -0.1) is 0 Å². The number of fused-ring (bicyclic) bond motifs is 1. The highest BCUT2D eigenvalue weighted by Gasteiger charge is 2.38. The second-order valence-corrected chi connectivity index (χ2v) is 24.9. The van der Waals surface area contributed by atoms with Crippen LogP contribution < -0.4 is 86.7 Å². The fourth-order valence-electron chi connectivity index (χ4n) is 10.0. The Morgan fingerprint density at radius 2 is 0.901 bits per heavy atom. The molecule has 12 amide bonds. The normalized spacial score (nSPS) is 15.1. The van der Waals surface area contributed by atoms with Crippen molar-refractivity contribution in [2.75, 3.05) is 32.8 Å². The van der Waals surface area contributed by atoms with Gasteiger partial charge in [0.05, 0.1) is 25.6 Å². The minimum atomic E-state index is -2.02. The molecule has 0 bridgehead atoms. The van der Waals surface area contributed by atoms with Gasteiger partial charge in [-0.25, -0.2) is 0 Å². The molecule has 0 radical (unpaired) electrons. The van der Waals surface area contributed by atoms with Crippen LogP contribution in [0.4, 0.5) is 0 Å². The number of H-pyrrole nitrogens is 1. The number of hydrogen-bond donors (Lipinski definition) is 21. The van der Waals surface area contributed by atoms with Gasteiger partial charge in [0.25, 0.3) is 0 Å². The van der Waals surface area contributed by atoms with Crippen molar-refractivity contribution < 1.29 is 92.3 Å². The zero-order valence-corrected chi connectivity index (χ0v) is 57.6. The van der Waals surface area contributed by atoms with Crippen LogP contribution in [0, 0.1) is 17.8 Å². The number of amides is 12. The van der Waals surface area contributed by atoms with Crippen LogP contribution in [0.2, 0.25) is 0 Å². The summed E-state index contributed by atoms with van der Waals surface area (Å²) >= 11 is 0. The molecule has 1 heterocycles. The third-order valence-electron chi connectivity index (χ3n) is 16.3. The van der Waals surface area contributed by atoms with Crippen LogP contribution in [0.25, 0.3) is 10.9 Å². The predicted molar refractivity (Wildman–Crippen MR) is 364 cm³/mol. The van der Waals surface area contributed by atoms with E-state index in [1.807, 2.05) is 0 Å². The van der Waals surface area contributed by atoms with Crippen molar-refractivity contribution in [1.82, 2.24) is 68.8 Å². The zero-order chi connectivity index (χ0) is 75.8. The van der Waals surface area contributed by atoms with Gasteiger partial charge in [0.1, 0.15) is 66.5 Å². The quantitative estimate of drug-likeness (QED) is 0.0251. The number of aromatic amines is 1. The molecule has 2 aromatic carbocycles. The van der Waals surface area contributed by atoms with E-state index < -0.39 is 206 Å². The van der Waals surface area contributed by atoms with Crippen molar-refractivity contribution in [3.05, 3.63) is 71.9 Å². The largest absolute Gasteiger partial charge is 0.481 e. The highest BCUT2D eigenvalue weighted by molar-refractivity contribution is 6.00. The molecule has 25 N–H and O–H groups in total. The maximum atomic E-state index is 14.5. The number of carboxylic acid groups (broad SMARTS) is 3. The summed E-state index contributed by atoms with van der Waals surface area (Å²) in [6.07, 6.45) is -1.90. The summed E-state index contributed by atoms with van der Waals surface area (Å²) in [6, 6.07) is -3.41. The van der Waals surface area contributed by atoms with E-state index >= 15 is 0 Å². The molecule has 101 heavy (non-hydrogen) atoms. The molecule has 3 rings (SSSR count). The smallest absolute Gasteiger partial charge is 0.325 e. The number of aliphatic hydroxyl groups excluding tert-OH is 1. The Balaban J connectivity index is 1.92. The van der Waals surface area contributed by atoms with Gasteiger partial charge in [-0.05, 0) is 87.2 Å². The lowest BCUT2D eigenvalue weighted by atomic mass is 9.96. The Bertz CT molecular complexity index is 3350. The molecule has 36 nitrogen and oxygen atoms in total. The van der Waals surface area contributed by atoms with Gasteiger partial charge in [0, 0.05) is 36.4 Å². The van der Waals surface area contributed by atoms with E-state index in [0.717, 1.165) is 0 Å². The molecule has 0 saturated heterocycles. The Kier molecular flexibility index (Phi) is 36.0. The van der Waals surface area contributed by atoms with Crippen LogP contribution in [-0.4, -0.2) is 219 Å². The molecule has 1 aromatic heterocycles. The van der Waals surface area contributed by atoms with Crippen molar-refractivity contribution >= 4 is 99.7 Å². The summed E-state index contributed by atoms with van der Waals surface area (Å²) in [6.45, 7) is 8.58. The average molecular weight is 1420 g/mol. The van der Waals surface area contributed by atoms with Crippen molar-refractivity contribution in [1.29, 1.82) is 0 Å². The predicted octanol–water partition coefficient (Wildman–Crippen LogP) is -5.43. The van der Waals surface area contributed by atoms with Gasteiger partial charge >= 0.3 is 17.9 Å². The van der Waals surface area contributed by atoms with Crippen molar-refractivity contribution in [2.24, 2.45) is 40.7 Å². The number of nitrogens with one attached hydrogen (secondary N) is 13. The number of carbonyl (C=O) groups excluding carboxylic acids is 12. The summed E-state index contributed by atoms with van der Waals surface area (Å²) in [5.41, 5.74) is 24.8. The van der Waals surface area contributed by atoms with E-state index in [-0.39, 0.29) is 57.7 Å². The number of rotatable bonds is 45. The van der Waals surface area contributed by atoms with E-state index in [1.54, 1.807) is 96.1 Å². The minimum absolute atomic E-state index is 0.0415. The number of aliphatic carboxylic acids is 3. The number of carbonyl (C=O) groups is 15. The third kappa shape index (κ3) is 28.2. The lowest BCUT2D eigenvalue weighted by Crippen LogP contribution is -2.62. The average Bonchev–Trinajstić information content (AvgIpc) is 1.77. The molecule has 0 unspecified atom stereocenters. The van der Waals surface area contributed by atoms with Crippen molar-refractivity contribution in [3.8, 4) is 0 Å². The van der Waals surface area contributed by atoms with Gasteiger partial charge in [0.15, 0.2) is 0 Å². The standard InChI is InChI=1S/C65H99N17O19/c1-8-34(6)53(64(99)72-35(7)65(100)101)82-63(98)52(33(4)5)81-57(92)40(18-19-49(85)86)74-58(93)44(26-36-14-10-9-11-15-36)78-56(91)43(22-25-68)75-55(90)42(21-24-67)76-60(95)46(28-50(87)88)80-59(94)45(27-37-29-70-39-17-13-12-16-38(37)39)79-61(96)47(31-83)73-48(84)30-71-54(89)41(20-23-66)77-62(97)51(69)32(2)3/h9-17,29,32-35,40-47,51-53,70,83H,8,18-28,30-31,66-69H2,1-7H3,(H,71,89)(H,72,99)(H,73,84)(H,74,93)(H,75,90)(H,76,95)(H,77,97)(H,78,91)(H,79,96)(H,80,94)(H,81,92)(H,82,98)(H,85,86)(H,87,88)(H,100,101)/t34-,35-,40-,41+,42-,43+,44-,45+,46-,47+,51+,52-,53+/m0/s1. The maximum absolute atomic E-state index is 14.5. The fraction of sp³-hybridized carbons (Fsp3) is 0.554. The summed E-state index contributed by atoms with van der Waals surface area (Å²) in [7, 11) is 0. The highest BCUT2D eigenvalue weighted by atomic mass is 16.4. The zero-order valence-electron chi connectivity index (χ0n) is 57.6. The van der Waals surface area contributed by atoms with Gasteiger partial charge in [-0.3, -0.25) is 71.9 Å². The number of carboxylic acids is 3. The van der Waals surface area contributed by atoms with Crippen LogP contribution in [0.15, 0.2) is 60.8 Å². The number of nitrogens with two attached hydrogens (primary N) is 4. The molecule has 558 valence electrons. The molecule has 0 spiro atoms. The number of hydrogen-bond acceptors (Lipinski definition) is 20. The number of para-hydroxylation sites is 1. The SMILES string of the molecule is CC[C@H](C)[C@@H](NC(=O)[C@@H](NC(=O)[C@H](CCC(=O)O)NC(=O)[C@H](Cc1ccccc1)NC(=O)[C@@H](CCN)NC(=O)[C@H](CCN)NC(=O)[C@H](CC(=O)O)NC(=O)[C@@H](Cc1c[nH]c2ccccc12)NC(=O)[C@@H](CO)NC(=O)CNC(=O)[C@@H](CCN)NC(=O)[C@H](N)C(C)C)C(C)C)C(=O)N[C@@H](C)C(=O)O. The number of aliphatic hydroxyl groups is 1. The lowest BCUT2D eigenvalue weighted by Gasteiger charge is -2.30. The summed E-state index contributed by atoms with van der Waals surface area (Å²) in [4.78, 5) is 205. The first-order valence-electron chi connectivity index (χ1n) is 33.0. The van der Waals surface area contributed by atoms with Crippen LogP contribution in [0.3, 0.4) is 0 Å². The highest BCUT2D eigenvalue weighted by Crippen LogP contribution is 2.20. The van der Waals surface area contributed by atoms with Gasteiger partial charge in [-0.2, -0.15) is 0 Å². The van der Waals surface area contributed by atoms with Gasteiger partial charge in [0.2, 0.25) is 70.9 Å². The summed E-state index contributed by atoms with van der Waals surface area (Å²) < 4.78 is 0. The molecular formula is C65H99N17O19. The molecule has 0 aliphatic carbocycles. The first kappa shape index (κ1) is 85.1. The summed E-state index contributed by atoms with van der Waals surface area (Å²) in [5, 5.41) is 69.1. The molecule has 0 saturated carbocycles. The molecule has 3 aromatic rings. The monoisotopic (exact) mass is 1420 g/mol. The Labute approximate surface area is 583 Å². The van der Waals surface area contributed by atoms with Gasteiger partial charge in [-0.1, -0.05) is 96.5 Å². The van der Waals surface area contributed by atoms with Crippen LogP contribution in [-0.2, 0) is 84.8 Å². The minimum Gasteiger partial charge on any atom is -0.481 e. The van der Waals surface area contributed by atoms with Gasteiger partial charge < -0.3 is 112 Å². The van der Waals surface area contributed by atoms with E-state index in [0.29, 0.717) is 28.5 Å². The van der Waals surface area contributed by atoms with Crippen molar-refractivity contribution in [3.63, 3.8) is 0 Å². The number of aromatic nitrogens is 1. The van der Waals surface area contributed by atoms with E-state index in [9.17, 15) is 92.3 Å². The van der Waals surface area contributed by atoms with Crippen LogP contribution in [0.1, 0.15) is 105 Å². The molecule has 13 atom stereocenters. The maximum Gasteiger partial charge on any atom is 0.325 e. The molecular weight excluding hydrogens is 1320 g/mol. The molecule has 0 fully saturated rings. The Hall–Kier alpha value is -10.2. The van der Waals surface area contributed by atoms with E-state index in [4.69, 9.17) is 22.9 Å².